The van der Waals surface area contributed by atoms with Crippen molar-refractivity contribution in [3.63, 3.8) is 0 Å². The minimum Gasteiger partial charge on any atom is -0.338 e. The van der Waals surface area contributed by atoms with Crippen LogP contribution in [0.2, 0.25) is 0 Å². The Hall–Kier alpha value is -0.830. The van der Waals surface area contributed by atoms with E-state index >= 15 is 0 Å². The van der Waals surface area contributed by atoms with Gasteiger partial charge in [-0.3, -0.25) is 4.79 Å². The first kappa shape index (κ1) is 13.2. The fraction of sp³-hybridized carbons (Fsp3) is 0.769. The van der Waals surface area contributed by atoms with Crippen LogP contribution in [0.4, 0.5) is 0 Å². The molecular weight excluding hydrogens is 200 g/mol. The van der Waals surface area contributed by atoms with Crippen molar-refractivity contribution in [3.05, 3.63) is 12.2 Å². The molecule has 0 aromatic heterocycles. The Balaban J connectivity index is 2.54. The van der Waals surface area contributed by atoms with Crippen molar-refractivity contribution in [1.82, 2.24) is 10.2 Å². The van der Waals surface area contributed by atoms with Gasteiger partial charge in [0.15, 0.2) is 0 Å². The summed E-state index contributed by atoms with van der Waals surface area (Å²) in [5, 5.41) is 3.35. The molecule has 3 heteroatoms. The van der Waals surface area contributed by atoms with Crippen LogP contribution in [0, 0.1) is 0 Å². The molecule has 1 unspecified atom stereocenters. The third-order valence-electron chi connectivity index (χ3n) is 3.01. The van der Waals surface area contributed by atoms with Gasteiger partial charge in [-0.1, -0.05) is 25.0 Å². The van der Waals surface area contributed by atoms with Crippen molar-refractivity contribution in [2.45, 2.75) is 45.6 Å². The van der Waals surface area contributed by atoms with Gasteiger partial charge in [0.05, 0.1) is 6.04 Å². The standard InChI is InChI=1S/C13H24N2O/c1-4-15(10-11(2)3)13(16)12-8-6-5-7-9-14-12/h12,14H,2,4-10H2,1,3H3. The summed E-state index contributed by atoms with van der Waals surface area (Å²) in [7, 11) is 0. The molecule has 0 radical (unpaired) electrons. The lowest BCUT2D eigenvalue weighted by Crippen LogP contribution is -2.46. The smallest absolute Gasteiger partial charge is 0.239 e. The highest BCUT2D eigenvalue weighted by Crippen LogP contribution is 2.11. The number of carbonyl (C=O) groups is 1. The molecule has 1 saturated heterocycles. The molecule has 1 amide bonds. The Bertz CT molecular complexity index is 242. The Labute approximate surface area is 98.9 Å². The number of hydrogen-bond acceptors (Lipinski definition) is 2. The zero-order chi connectivity index (χ0) is 12.0. The third-order valence-corrected chi connectivity index (χ3v) is 3.01. The predicted octanol–water partition coefficient (Wildman–Crippen LogP) is 1.94. The van der Waals surface area contributed by atoms with Crippen molar-refractivity contribution in [2.75, 3.05) is 19.6 Å². The summed E-state index contributed by atoms with van der Waals surface area (Å²) in [5.74, 6) is 0.243. The van der Waals surface area contributed by atoms with E-state index in [2.05, 4.69) is 11.9 Å². The molecular formula is C13H24N2O. The molecule has 1 heterocycles. The zero-order valence-electron chi connectivity index (χ0n) is 10.6. The van der Waals surface area contributed by atoms with Gasteiger partial charge in [0.1, 0.15) is 0 Å². The first-order valence-electron chi connectivity index (χ1n) is 6.31. The second kappa shape index (κ2) is 6.69. The minimum atomic E-state index is 0.0294. The molecule has 1 fully saturated rings. The van der Waals surface area contributed by atoms with Crippen molar-refractivity contribution in [2.24, 2.45) is 0 Å². The molecule has 92 valence electrons. The summed E-state index contributed by atoms with van der Waals surface area (Å²) in [4.78, 5) is 14.1. The lowest BCUT2D eigenvalue weighted by atomic mass is 10.1. The maximum atomic E-state index is 12.2. The summed E-state index contributed by atoms with van der Waals surface area (Å²) in [6, 6.07) is 0.0294. The summed E-state index contributed by atoms with van der Waals surface area (Å²) in [6.45, 7) is 10.3. The third kappa shape index (κ3) is 3.97. The molecule has 1 atom stereocenters. The summed E-state index contributed by atoms with van der Waals surface area (Å²) in [5.41, 5.74) is 1.05. The first-order valence-corrected chi connectivity index (χ1v) is 6.31. The number of rotatable bonds is 4. The van der Waals surface area contributed by atoms with Crippen molar-refractivity contribution in [3.8, 4) is 0 Å². The van der Waals surface area contributed by atoms with Crippen molar-refractivity contribution < 1.29 is 4.79 Å². The maximum absolute atomic E-state index is 12.2. The average molecular weight is 224 g/mol. The number of likely N-dealkylation sites (N-methyl/N-ethyl adjacent to an activating group) is 1. The van der Waals surface area contributed by atoms with Crippen LogP contribution in [-0.4, -0.2) is 36.5 Å². The lowest BCUT2D eigenvalue weighted by molar-refractivity contribution is -0.133. The predicted molar refractivity (Wildman–Crippen MR) is 67.3 cm³/mol. The van der Waals surface area contributed by atoms with Gasteiger partial charge in [-0.25, -0.2) is 0 Å². The molecule has 1 aliphatic heterocycles. The van der Waals surface area contributed by atoms with E-state index < -0.39 is 0 Å². The molecule has 0 aliphatic carbocycles. The van der Waals surface area contributed by atoms with E-state index in [1.54, 1.807) is 0 Å². The number of amides is 1. The van der Waals surface area contributed by atoms with Gasteiger partial charge in [0.2, 0.25) is 5.91 Å². The van der Waals surface area contributed by atoms with Gasteiger partial charge in [-0.05, 0) is 33.2 Å². The molecule has 1 rings (SSSR count). The number of carbonyl (C=O) groups excluding carboxylic acids is 1. The van der Waals surface area contributed by atoms with Crippen LogP contribution < -0.4 is 5.32 Å². The van der Waals surface area contributed by atoms with Crippen LogP contribution >= 0.6 is 0 Å². The monoisotopic (exact) mass is 224 g/mol. The Kier molecular flexibility index (Phi) is 5.53. The van der Waals surface area contributed by atoms with E-state index in [1.165, 1.54) is 12.8 Å². The number of nitrogens with zero attached hydrogens (tertiary/aromatic N) is 1. The minimum absolute atomic E-state index is 0.0294. The maximum Gasteiger partial charge on any atom is 0.239 e. The van der Waals surface area contributed by atoms with E-state index in [4.69, 9.17) is 0 Å². The average Bonchev–Trinajstić information content (AvgIpc) is 2.53. The van der Waals surface area contributed by atoms with Gasteiger partial charge in [-0.2, -0.15) is 0 Å². The first-order chi connectivity index (χ1) is 7.65. The topological polar surface area (TPSA) is 32.3 Å². The lowest BCUT2D eigenvalue weighted by Gasteiger charge is -2.26. The highest BCUT2D eigenvalue weighted by Gasteiger charge is 2.23. The van der Waals surface area contributed by atoms with Crippen molar-refractivity contribution >= 4 is 5.91 Å². The van der Waals surface area contributed by atoms with Crippen LogP contribution in [0.15, 0.2) is 12.2 Å². The molecule has 1 N–H and O–H groups in total. The van der Waals surface area contributed by atoms with Crippen LogP contribution in [0.1, 0.15) is 39.5 Å². The molecule has 1 aliphatic rings. The van der Waals surface area contributed by atoms with E-state index in [0.29, 0.717) is 6.54 Å². The van der Waals surface area contributed by atoms with Gasteiger partial charge in [-0.15, -0.1) is 0 Å². The molecule has 16 heavy (non-hydrogen) atoms. The van der Waals surface area contributed by atoms with E-state index in [-0.39, 0.29) is 11.9 Å². The zero-order valence-corrected chi connectivity index (χ0v) is 10.6. The normalized spacial score (nSPS) is 21.2. The summed E-state index contributed by atoms with van der Waals surface area (Å²) < 4.78 is 0. The molecule has 0 saturated carbocycles. The van der Waals surface area contributed by atoms with Crippen LogP contribution in [-0.2, 0) is 4.79 Å². The molecule has 0 spiro atoms. The van der Waals surface area contributed by atoms with Crippen LogP contribution in [0.5, 0.6) is 0 Å². The molecule has 0 bridgehead atoms. The molecule has 0 aromatic rings. The van der Waals surface area contributed by atoms with E-state index in [0.717, 1.165) is 31.5 Å². The quantitative estimate of drug-likeness (QED) is 0.740. The Morgan fingerprint density at radius 3 is 2.81 bits per heavy atom. The van der Waals surface area contributed by atoms with E-state index in [9.17, 15) is 4.79 Å². The van der Waals surface area contributed by atoms with Gasteiger partial charge in [0, 0.05) is 13.1 Å². The second-order valence-corrected chi connectivity index (χ2v) is 4.67. The van der Waals surface area contributed by atoms with Crippen molar-refractivity contribution in [1.29, 1.82) is 0 Å². The Morgan fingerprint density at radius 2 is 2.19 bits per heavy atom. The highest BCUT2D eigenvalue weighted by atomic mass is 16.2. The molecule has 3 nitrogen and oxygen atoms in total. The SMILES string of the molecule is C=C(C)CN(CC)C(=O)C1CCCCCN1. The Morgan fingerprint density at radius 1 is 1.44 bits per heavy atom. The summed E-state index contributed by atoms with van der Waals surface area (Å²) >= 11 is 0. The van der Waals surface area contributed by atoms with Gasteiger partial charge in [0.25, 0.3) is 0 Å². The highest BCUT2D eigenvalue weighted by molar-refractivity contribution is 5.82. The van der Waals surface area contributed by atoms with Gasteiger partial charge < -0.3 is 10.2 Å². The molecule has 0 aromatic carbocycles. The van der Waals surface area contributed by atoms with Crippen LogP contribution in [0.3, 0.4) is 0 Å². The van der Waals surface area contributed by atoms with E-state index in [1.807, 2.05) is 18.7 Å². The number of nitrogens with one attached hydrogen (secondary N) is 1. The fourth-order valence-electron chi connectivity index (χ4n) is 2.13. The largest absolute Gasteiger partial charge is 0.338 e. The fourth-order valence-corrected chi connectivity index (χ4v) is 2.13. The van der Waals surface area contributed by atoms with Gasteiger partial charge >= 0.3 is 0 Å². The number of hydrogen-bond donors (Lipinski definition) is 1. The summed E-state index contributed by atoms with van der Waals surface area (Å²) in [6.07, 6.45) is 4.57. The van der Waals surface area contributed by atoms with Crippen LogP contribution in [0.25, 0.3) is 0 Å². The second-order valence-electron chi connectivity index (χ2n) is 4.67.